The van der Waals surface area contributed by atoms with Gasteiger partial charge in [0.15, 0.2) is 0 Å². The first-order valence-corrected chi connectivity index (χ1v) is 10.7. The second-order valence-corrected chi connectivity index (χ2v) is 9.47. The molecule has 0 radical (unpaired) electrons. The molecule has 0 spiro atoms. The van der Waals surface area contributed by atoms with Crippen LogP contribution in [0.1, 0.15) is 45.9 Å². The molecule has 0 amide bonds. The lowest BCUT2D eigenvalue weighted by molar-refractivity contribution is -0.0367. The van der Waals surface area contributed by atoms with Gasteiger partial charge < -0.3 is 14.0 Å². The number of hydrogen-bond donors (Lipinski definition) is 0. The van der Waals surface area contributed by atoms with Gasteiger partial charge in [0.05, 0.1) is 47.7 Å². The van der Waals surface area contributed by atoms with E-state index in [1.807, 2.05) is 24.3 Å². The Hall–Kier alpha value is -2.80. The Kier molecular flexibility index (Phi) is 5.12. The molecule has 7 heteroatoms. The molecule has 31 heavy (non-hydrogen) atoms. The average molecular weight is 426 g/mol. The van der Waals surface area contributed by atoms with Crippen molar-refractivity contribution in [3.8, 4) is 17.0 Å². The Morgan fingerprint density at radius 2 is 1.77 bits per heavy atom. The molecule has 1 aromatic carbocycles. The van der Waals surface area contributed by atoms with Crippen LogP contribution < -0.4 is 16.0 Å². The molecule has 0 fully saturated rings. The third-order valence-corrected chi connectivity index (χ3v) is 6.21. The van der Waals surface area contributed by atoms with Gasteiger partial charge in [0.25, 0.3) is 5.56 Å². The van der Waals surface area contributed by atoms with E-state index in [1.165, 1.54) is 11.6 Å². The molecule has 0 aliphatic carbocycles. The minimum Gasteiger partial charge on any atom is -0.497 e. The first-order valence-electron chi connectivity index (χ1n) is 10.7. The highest BCUT2D eigenvalue weighted by Crippen LogP contribution is 2.45. The van der Waals surface area contributed by atoms with Crippen molar-refractivity contribution in [2.45, 2.75) is 45.8 Å². The van der Waals surface area contributed by atoms with Gasteiger partial charge in [-0.1, -0.05) is 13.8 Å². The van der Waals surface area contributed by atoms with Crippen LogP contribution in [0.5, 0.6) is 5.75 Å². The number of rotatable bonds is 4. The summed E-state index contributed by atoms with van der Waals surface area (Å²) in [6.07, 6.45) is 0.612. The minimum absolute atomic E-state index is 0.194. The zero-order chi connectivity index (χ0) is 22.7. The predicted molar refractivity (Wildman–Crippen MR) is 122 cm³/mol. The highest BCUT2D eigenvalue weighted by molar-refractivity contribution is 5.96. The molecule has 1 aliphatic rings. The molecule has 4 rings (SSSR count). The standard InChI is InChI=1S/C24H31N3O4/c1-14(2)12-17-20-21-18(22(28)26(6)23(29)25(21)5)19(27(20)24(3,4)13-31-17)15-8-10-16(30-7)11-9-15/h8-11,14,17H,12-13H2,1-7H3/t17-/m0/s1. The van der Waals surface area contributed by atoms with Crippen LogP contribution in [-0.2, 0) is 24.4 Å². The maximum Gasteiger partial charge on any atom is 0.331 e. The van der Waals surface area contributed by atoms with Crippen molar-refractivity contribution in [1.82, 2.24) is 13.7 Å². The monoisotopic (exact) mass is 425 g/mol. The Morgan fingerprint density at radius 3 is 2.35 bits per heavy atom. The van der Waals surface area contributed by atoms with Crippen molar-refractivity contribution < 1.29 is 9.47 Å². The van der Waals surface area contributed by atoms with E-state index < -0.39 is 5.54 Å². The third-order valence-electron chi connectivity index (χ3n) is 6.21. The van der Waals surface area contributed by atoms with Gasteiger partial charge in [0.2, 0.25) is 0 Å². The SMILES string of the molecule is COc1ccc(-c2c3c(=O)n(C)c(=O)n(C)c3c3n2C(C)(C)CO[C@H]3CC(C)C)cc1. The van der Waals surface area contributed by atoms with Crippen molar-refractivity contribution in [3.63, 3.8) is 0 Å². The van der Waals surface area contributed by atoms with E-state index in [4.69, 9.17) is 9.47 Å². The molecule has 2 aromatic heterocycles. The summed E-state index contributed by atoms with van der Waals surface area (Å²) in [5.41, 5.74) is 2.29. The maximum absolute atomic E-state index is 13.4. The van der Waals surface area contributed by atoms with E-state index in [9.17, 15) is 9.59 Å². The molecule has 1 atom stereocenters. The normalized spacial score (nSPS) is 17.9. The fourth-order valence-corrected chi connectivity index (χ4v) is 4.70. The summed E-state index contributed by atoms with van der Waals surface area (Å²) in [4.78, 5) is 26.3. The number of benzene rings is 1. The predicted octanol–water partition coefficient (Wildman–Crippen LogP) is 3.57. The summed E-state index contributed by atoms with van der Waals surface area (Å²) in [5, 5.41) is 0.553. The van der Waals surface area contributed by atoms with Crippen molar-refractivity contribution in [3.05, 3.63) is 50.8 Å². The number of nitrogens with zero attached hydrogens (tertiary/aromatic N) is 3. The summed E-state index contributed by atoms with van der Waals surface area (Å²) in [6, 6.07) is 7.72. The zero-order valence-corrected chi connectivity index (χ0v) is 19.4. The molecule has 0 N–H and O–H groups in total. The Morgan fingerprint density at radius 1 is 1.13 bits per heavy atom. The minimum atomic E-state index is -0.391. The molecular weight excluding hydrogens is 394 g/mol. The smallest absolute Gasteiger partial charge is 0.331 e. The van der Waals surface area contributed by atoms with Crippen molar-refractivity contribution >= 4 is 10.9 Å². The summed E-state index contributed by atoms with van der Waals surface area (Å²) in [5.74, 6) is 1.15. The summed E-state index contributed by atoms with van der Waals surface area (Å²) in [6.45, 7) is 9.05. The average Bonchev–Trinajstić information content (AvgIpc) is 3.10. The van der Waals surface area contributed by atoms with E-state index in [1.54, 1.807) is 18.7 Å². The number of aromatic nitrogens is 3. The maximum atomic E-state index is 13.4. The molecule has 0 saturated carbocycles. The molecule has 3 aromatic rings. The van der Waals surface area contributed by atoms with Crippen molar-refractivity contribution in [2.75, 3.05) is 13.7 Å². The quantitative estimate of drug-likeness (QED) is 0.641. The van der Waals surface area contributed by atoms with E-state index in [2.05, 4.69) is 32.3 Å². The highest BCUT2D eigenvalue weighted by Gasteiger charge is 2.40. The first kappa shape index (κ1) is 21.4. The fraction of sp³-hybridized carbons (Fsp3) is 0.500. The first-order chi connectivity index (χ1) is 14.6. The zero-order valence-electron chi connectivity index (χ0n) is 19.4. The molecule has 0 unspecified atom stereocenters. The van der Waals surface area contributed by atoms with Gasteiger partial charge in [-0.2, -0.15) is 0 Å². The van der Waals surface area contributed by atoms with Gasteiger partial charge in [-0.15, -0.1) is 0 Å². The molecular formula is C24H31N3O4. The molecule has 7 nitrogen and oxygen atoms in total. The van der Waals surface area contributed by atoms with Crippen LogP contribution in [0, 0.1) is 5.92 Å². The summed E-state index contributed by atoms with van der Waals surface area (Å²) < 4.78 is 16.7. The Balaban J connectivity index is 2.21. The van der Waals surface area contributed by atoms with Gasteiger partial charge in [-0.25, -0.2) is 4.79 Å². The Bertz CT molecular complexity index is 1260. The van der Waals surface area contributed by atoms with Crippen LogP contribution in [-0.4, -0.2) is 27.4 Å². The van der Waals surface area contributed by atoms with Gasteiger partial charge in [-0.05, 0) is 56.0 Å². The highest BCUT2D eigenvalue weighted by atomic mass is 16.5. The van der Waals surface area contributed by atoms with E-state index in [-0.39, 0.29) is 17.4 Å². The number of methoxy groups -OCH3 is 1. The van der Waals surface area contributed by atoms with Crippen molar-refractivity contribution in [1.29, 1.82) is 0 Å². The molecule has 0 saturated heterocycles. The van der Waals surface area contributed by atoms with Gasteiger partial charge in [0, 0.05) is 14.1 Å². The molecule has 0 bridgehead atoms. The van der Waals surface area contributed by atoms with Crippen LogP contribution in [0.25, 0.3) is 22.2 Å². The number of hydrogen-bond acceptors (Lipinski definition) is 4. The van der Waals surface area contributed by atoms with Crippen LogP contribution in [0.2, 0.25) is 0 Å². The lowest BCUT2D eigenvalue weighted by Crippen LogP contribution is -2.40. The topological polar surface area (TPSA) is 67.4 Å². The number of aryl methyl sites for hydroxylation is 1. The van der Waals surface area contributed by atoms with E-state index in [0.717, 1.165) is 29.1 Å². The van der Waals surface area contributed by atoms with Crippen LogP contribution in [0.3, 0.4) is 0 Å². The second-order valence-electron chi connectivity index (χ2n) is 9.47. The Labute approximate surface area is 181 Å². The summed E-state index contributed by atoms with van der Waals surface area (Å²) in [7, 11) is 4.90. The molecule has 1 aliphatic heterocycles. The van der Waals surface area contributed by atoms with E-state index in [0.29, 0.717) is 23.4 Å². The fourth-order valence-electron chi connectivity index (χ4n) is 4.70. The van der Waals surface area contributed by atoms with Gasteiger partial charge in [-0.3, -0.25) is 13.9 Å². The van der Waals surface area contributed by atoms with E-state index >= 15 is 0 Å². The van der Waals surface area contributed by atoms with Crippen molar-refractivity contribution in [2.24, 2.45) is 20.0 Å². The largest absolute Gasteiger partial charge is 0.497 e. The van der Waals surface area contributed by atoms with Crippen LogP contribution in [0.4, 0.5) is 0 Å². The van der Waals surface area contributed by atoms with Gasteiger partial charge >= 0.3 is 5.69 Å². The third kappa shape index (κ3) is 3.22. The molecule has 166 valence electrons. The van der Waals surface area contributed by atoms with Crippen LogP contribution >= 0.6 is 0 Å². The summed E-state index contributed by atoms with van der Waals surface area (Å²) >= 11 is 0. The second kappa shape index (κ2) is 7.41. The number of ether oxygens (including phenoxy) is 2. The molecule has 3 heterocycles. The number of fused-ring (bicyclic) bond motifs is 3. The lowest BCUT2D eigenvalue weighted by Gasteiger charge is -2.39. The lowest BCUT2D eigenvalue weighted by atomic mass is 9.97. The van der Waals surface area contributed by atoms with Gasteiger partial charge in [0.1, 0.15) is 5.75 Å². The van der Waals surface area contributed by atoms with Crippen LogP contribution in [0.15, 0.2) is 33.9 Å².